The number of carboxylic acids is 1. The number of carboxylic acid groups (broad SMARTS) is 1. The Balaban J connectivity index is 1.78. The molecular formula is C28H35N3O6S. The standard InChI is InChI=1S/C28H35N3O6S/c1-15(2)19-13-38-24(30-19)18-11-22(17-9-10-21(35-8)16(3)23(17)29-18)36-28(7)12-20(25(32)33)31(14-28)26(34)37-27(4,5)6/h9-11,13,15,20H,12,14H2,1-8H3,(H,32,33)/t20-,28?/m0/s1. The first-order valence-electron chi connectivity index (χ1n) is 12.6. The zero-order valence-electron chi connectivity index (χ0n) is 23.1. The summed E-state index contributed by atoms with van der Waals surface area (Å²) in [5.74, 6) is 0.411. The summed E-state index contributed by atoms with van der Waals surface area (Å²) >= 11 is 1.51. The van der Waals surface area contributed by atoms with Crippen LogP contribution in [0.15, 0.2) is 23.6 Å². The number of ether oxygens (including phenoxy) is 3. The van der Waals surface area contributed by atoms with Crippen molar-refractivity contribution in [3.8, 4) is 22.2 Å². The minimum absolute atomic E-state index is 0.0575. The van der Waals surface area contributed by atoms with E-state index in [1.54, 1.807) is 27.9 Å². The first-order valence-corrected chi connectivity index (χ1v) is 13.4. The molecule has 3 aromatic rings. The van der Waals surface area contributed by atoms with Gasteiger partial charge >= 0.3 is 12.1 Å². The smallest absolute Gasteiger partial charge is 0.411 e. The van der Waals surface area contributed by atoms with Gasteiger partial charge in [-0.2, -0.15) is 0 Å². The predicted molar refractivity (Wildman–Crippen MR) is 146 cm³/mol. The minimum Gasteiger partial charge on any atom is -0.496 e. The van der Waals surface area contributed by atoms with E-state index in [0.29, 0.717) is 22.7 Å². The second kappa shape index (κ2) is 10.1. The number of aryl methyl sites for hydroxylation is 1. The lowest BCUT2D eigenvalue weighted by Crippen LogP contribution is -2.44. The molecule has 2 atom stereocenters. The predicted octanol–water partition coefficient (Wildman–Crippen LogP) is 6.03. The van der Waals surface area contributed by atoms with Crippen LogP contribution in [0.25, 0.3) is 21.6 Å². The van der Waals surface area contributed by atoms with Crippen LogP contribution >= 0.6 is 11.3 Å². The molecule has 4 rings (SSSR count). The molecule has 0 aliphatic carbocycles. The van der Waals surface area contributed by atoms with Crippen LogP contribution in [-0.2, 0) is 9.53 Å². The summed E-state index contributed by atoms with van der Waals surface area (Å²) in [6.07, 6.45) is -0.577. The van der Waals surface area contributed by atoms with Gasteiger partial charge in [0.05, 0.1) is 24.9 Å². The largest absolute Gasteiger partial charge is 0.496 e. The quantitative estimate of drug-likeness (QED) is 0.403. The van der Waals surface area contributed by atoms with Crippen LogP contribution in [0.1, 0.15) is 65.1 Å². The van der Waals surface area contributed by atoms with Crippen LogP contribution in [0.2, 0.25) is 0 Å². The molecule has 1 aliphatic rings. The highest BCUT2D eigenvalue weighted by molar-refractivity contribution is 7.13. The van der Waals surface area contributed by atoms with Crippen molar-refractivity contribution in [2.75, 3.05) is 13.7 Å². The van der Waals surface area contributed by atoms with Gasteiger partial charge in [-0.05, 0) is 52.7 Å². The van der Waals surface area contributed by atoms with Gasteiger partial charge in [-0.15, -0.1) is 11.3 Å². The molecule has 1 amide bonds. The summed E-state index contributed by atoms with van der Waals surface area (Å²) < 4.78 is 17.6. The number of carbonyl (C=O) groups excluding carboxylic acids is 1. The topological polar surface area (TPSA) is 111 Å². The van der Waals surface area contributed by atoms with E-state index in [4.69, 9.17) is 24.2 Å². The fourth-order valence-corrected chi connectivity index (χ4v) is 5.53. The zero-order chi connectivity index (χ0) is 28.0. The third-order valence-electron chi connectivity index (χ3n) is 6.47. The van der Waals surface area contributed by atoms with Gasteiger partial charge in [-0.1, -0.05) is 13.8 Å². The Morgan fingerprint density at radius 3 is 2.50 bits per heavy atom. The molecule has 1 aliphatic heterocycles. The molecule has 0 saturated carbocycles. The summed E-state index contributed by atoms with van der Waals surface area (Å²) in [7, 11) is 1.61. The van der Waals surface area contributed by atoms with Gasteiger partial charge in [0, 0.05) is 28.8 Å². The summed E-state index contributed by atoms with van der Waals surface area (Å²) in [5.41, 5.74) is 1.46. The van der Waals surface area contributed by atoms with E-state index >= 15 is 0 Å². The van der Waals surface area contributed by atoms with Gasteiger partial charge in [0.2, 0.25) is 0 Å². The lowest BCUT2D eigenvalue weighted by molar-refractivity contribution is -0.142. The van der Waals surface area contributed by atoms with Crippen molar-refractivity contribution in [2.24, 2.45) is 0 Å². The van der Waals surface area contributed by atoms with E-state index in [9.17, 15) is 14.7 Å². The number of carbonyl (C=O) groups is 2. The molecule has 10 heteroatoms. The number of hydrogen-bond acceptors (Lipinski definition) is 8. The normalized spacial score (nSPS) is 19.7. The summed E-state index contributed by atoms with van der Waals surface area (Å²) in [5, 5.41) is 13.4. The van der Waals surface area contributed by atoms with E-state index in [2.05, 4.69) is 13.8 Å². The third-order valence-corrected chi connectivity index (χ3v) is 7.36. The molecule has 1 N–H and O–H groups in total. The van der Waals surface area contributed by atoms with E-state index in [-0.39, 0.29) is 18.9 Å². The Hall–Kier alpha value is -3.40. The van der Waals surface area contributed by atoms with Crippen LogP contribution in [0.3, 0.4) is 0 Å². The average molecular weight is 542 g/mol. The molecule has 0 spiro atoms. The highest BCUT2D eigenvalue weighted by Gasteiger charge is 2.49. The molecular weight excluding hydrogens is 506 g/mol. The average Bonchev–Trinajstić information content (AvgIpc) is 3.44. The molecule has 0 bridgehead atoms. The molecule has 2 aromatic heterocycles. The maximum atomic E-state index is 12.9. The fraction of sp³-hybridized carbons (Fsp3) is 0.500. The Bertz CT molecular complexity index is 1380. The maximum absolute atomic E-state index is 12.9. The number of pyridine rings is 1. The number of rotatable bonds is 6. The number of fused-ring (bicyclic) bond motifs is 1. The number of nitrogens with zero attached hydrogens (tertiary/aromatic N) is 3. The number of methoxy groups -OCH3 is 1. The number of aliphatic carboxylic acids is 1. The first kappa shape index (κ1) is 27.6. The van der Waals surface area contributed by atoms with E-state index in [0.717, 1.165) is 21.7 Å². The molecule has 1 aromatic carbocycles. The van der Waals surface area contributed by atoms with Gasteiger partial charge in [-0.25, -0.2) is 19.6 Å². The van der Waals surface area contributed by atoms with Crippen molar-refractivity contribution >= 4 is 34.3 Å². The second-order valence-electron chi connectivity index (χ2n) is 11.2. The SMILES string of the molecule is COc1ccc2c(OC3(C)C[C@@H](C(=O)O)N(C(=O)OC(C)(C)C)C3)cc(-c3nc(C(C)C)cs3)nc2c1C. The highest BCUT2D eigenvalue weighted by atomic mass is 32.1. The molecule has 204 valence electrons. The Kier molecular flexibility index (Phi) is 7.31. The van der Waals surface area contributed by atoms with Crippen molar-refractivity contribution in [1.82, 2.24) is 14.9 Å². The van der Waals surface area contributed by atoms with E-state index < -0.39 is 29.3 Å². The van der Waals surface area contributed by atoms with Crippen molar-refractivity contribution in [3.63, 3.8) is 0 Å². The molecule has 38 heavy (non-hydrogen) atoms. The lowest BCUT2D eigenvalue weighted by atomic mass is 10.0. The van der Waals surface area contributed by atoms with Crippen LogP contribution in [0.5, 0.6) is 11.5 Å². The number of aromatic nitrogens is 2. The molecule has 1 fully saturated rings. The van der Waals surface area contributed by atoms with Gasteiger partial charge in [0.25, 0.3) is 0 Å². The lowest BCUT2D eigenvalue weighted by Gasteiger charge is -2.29. The number of likely N-dealkylation sites (tertiary alicyclic amines) is 1. The van der Waals surface area contributed by atoms with Crippen LogP contribution in [-0.4, -0.2) is 62.9 Å². The van der Waals surface area contributed by atoms with Gasteiger partial charge in [-0.3, -0.25) is 4.90 Å². The Labute approximate surface area is 226 Å². The Morgan fingerprint density at radius 1 is 1.21 bits per heavy atom. The van der Waals surface area contributed by atoms with Crippen molar-refractivity contribution in [1.29, 1.82) is 0 Å². The van der Waals surface area contributed by atoms with E-state index in [1.165, 1.54) is 16.2 Å². The third kappa shape index (κ3) is 5.55. The van der Waals surface area contributed by atoms with Crippen molar-refractivity contribution in [3.05, 3.63) is 34.8 Å². The molecule has 1 unspecified atom stereocenters. The second-order valence-corrected chi connectivity index (χ2v) is 12.1. The maximum Gasteiger partial charge on any atom is 0.411 e. The van der Waals surface area contributed by atoms with E-state index in [1.807, 2.05) is 37.4 Å². The molecule has 0 radical (unpaired) electrons. The van der Waals surface area contributed by atoms with Crippen LogP contribution in [0.4, 0.5) is 4.79 Å². The minimum atomic E-state index is -1.10. The van der Waals surface area contributed by atoms with Crippen LogP contribution < -0.4 is 9.47 Å². The highest BCUT2D eigenvalue weighted by Crippen LogP contribution is 2.40. The molecule has 9 nitrogen and oxygen atoms in total. The monoisotopic (exact) mass is 541 g/mol. The zero-order valence-corrected chi connectivity index (χ0v) is 23.9. The molecule has 1 saturated heterocycles. The van der Waals surface area contributed by atoms with Gasteiger partial charge in [0.15, 0.2) is 0 Å². The number of amides is 1. The van der Waals surface area contributed by atoms with Crippen molar-refractivity contribution < 1.29 is 28.9 Å². The summed E-state index contributed by atoms with van der Waals surface area (Å²) in [4.78, 5) is 35.9. The summed E-state index contributed by atoms with van der Waals surface area (Å²) in [6.45, 7) is 13.2. The van der Waals surface area contributed by atoms with Crippen molar-refractivity contribution in [2.45, 2.75) is 78.0 Å². The summed E-state index contributed by atoms with van der Waals surface area (Å²) in [6, 6.07) is 4.51. The number of hydrogen-bond donors (Lipinski definition) is 1. The fourth-order valence-electron chi connectivity index (χ4n) is 4.59. The van der Waals surface area contributed by atoms with Crippen LogP contribution in [0, 0.1) is 6.92 Å². The first-order chi connectivity index (χ1) is 17.7. The number of thiazole rings is 1. The molecule has 3 heterocycles. The van der Waals surface area contributed by atoms with Gasteiger partial charge < -0.3 is 19.3 Å². The number of benzene rings is 1. The Morgan fingerprint density at radius 2 is 1.92 bits per heavy atom. The van der Waals surface area contributed by atoms with Gasteiger partial charge in [0.1, 0.15) is 39.4 Å².